The van der Waals surface area contributed by atoms with Crippen LogP contribution < -0.4 is 5.73 Å². The van der Waals surface area contributed by atoms with Gasteiger partial charge in [-0.3, -0.25) is 0 Å². The lowest BCUT2D eigenvalue weighted by atomic mass is 10.1. The molecular weight excluding hydrogens is 193 g/mol. The molecule has 1 aromatic rings. The Balaban J connectivity index is 0.000000720. The third kappa shape index (κ3) is 1.74. The fourth-order valence-corrected chi connectivity index (χ4v) is 1.82. The van der Waals surface area contributed by atoms with Crippen molar-refractivity contribution < 1.29 is 0 Å². The number of hydrogen-bond donors (Lipinski definition) is 1. The quantitative estimate of drug-likeness (QED) is 0.688. The zero-order valence-electron chi connectivity index (χ0n) is 6.59. The van der Waals surface area contributed by atoms with Gasteiger partial charge in [-0.2, -0.15) is 0 Å². The van der Waals surface area contributed by atoms with Crippen LogP contribution in [0.15, 0.2) is 18.2 Å². The number of hydrogen-bond acceptors (Lipinski definition) is 1. The second-order valence-corrected chi connectivity index (χ2v) is 3.52. The first-order valence-electron chi connectivity index (χ1n) is 3.78. The van der Waals surface area contributed by atoms with Gasteiger partial charge in [-0.15, -0.1) is 12.4 Å². The maximum atomic E-state index is 5.83. The molecule has 3 heteroatoms. The summed E-state index contributed by atoms with van der Waals surface area (Å²) in [6.07, 6.45) is 1.99. The fourth-order valence-electron chi connectivity index (χ4n) is 1.62. The van der Waals surface area contributed by atoms with E-state index >= 15 is 0 Å². The Morgan fingerprint density at radius 1 is 1.25 bits per heavy atom. The van der Waals surface area contributed by atoms with E-state index in [2.05, 4.69) is 6.07 Å². The molecule has 1 aromatic carbocycles. The zero-order valence-corrected chi connectivity index (χ0v) is 8.16. The van der Waals surface area contributed by atoms with Crippen molar-refractivity contribution in [3.63, 3.8) is 0 Å². The molecular formula is C9H11Cl2N. The summed E-state index contributed by atoms with van der Waals surface area (Å²) >= 11 is 5.83. The second kappa shape index (κ2) is 3.65. The second-order valence-electron chi connectivity index (χ2n) is 3.08. The minimum absolute atomic E-state index is 0. The lowest BCUT2D eigenvalue weighted by Crippen LogP contribution is -2.18. The molecule has 2 rings (SSSR count). The smallest absolute Gasteiger partial charge is 0.0408 e. The molecule has 66 valence electrons. The highest BCUT2D eigenvalue weighted by atomic mass is 35.5. The molecule has 1 unspecified atom stereocenters. The highest BCUT2D eigenvalue weighted by molar-refractivity contribution is 6.30. The molecule has 0 bridgehead atoms. The molecule has 0 spiro atoms. The van der Waals surface area contributed by atoms with Gasteiger partial charge in [0.25, 0.3) is 0 Å². The topological polar surface area (TPSA) is 26.0 Å². The molecule has 1 atom stereocenters. The van der Waals surface area contributed by atoms with Crippen molar-refractivity contribution in [3.05, 3.63) is 34.3 Å². The number of halogens is 2. The number of fused-ring (bicyclic) bond motifs is 1. The Kier molecular flexibility index (Phi) is 2.99. The first-order valence-corrected chi connectivity index (χ1v) is 4.16. The van der Waals surface area contributed by atoms with Crippen molar-refractivity contribution in [2.24, 2.45) is 5.73 Å². The largest absolute Gasteiger partial charge is 0.327 e. The van der Waals surface area contributed by atoms with Gasteiger partial charge in [-0.1, -0.05) is 17.7 Å². The Bertz CT molecular complexity index is 286. The van der Waals surface area contributed by atoms with Crippen molar-refractivity contribution in [2.75, 3.05) is 0 Å². The summed E-state index contributed by atoms with van der Waals surface area (Å²) in [4.78, 5) is 0. The lowest BCUT2D eigenvalue weighted by Gasteiger charge is -1.96. The van der Waals surface area contributed by atoms with Gasteiger partial charge >= 0.3 is 0 Å². The maximum Gasteiger partial charge on any atom is 0.0408 e. The third-order valence-corrected chi connectivity index (χ3v) is 2.37. The Hall–Kier alpha value is -0.240. The van der Waals surface area contributed by atoms with Crippen LogP contribution in [0.5, 0.6) is 0 Å². The van der Waals surface area contributed by atoms with E-state index < -0.39 is 0 Å². The van der Waals surface area contributed by atoms with E-state index in [0.29, 0.717) is 6.04 Å². The van der Waals surface area contributed by atoms with Crippen molar-refractivity contribution >= 4 is 24.0 Å². The van der Waals surface area contributed by atoms with Crippen LogP contribution in [0.3, 0.4) is 0 Å². The summed E-state index contributed by atoms with van der Waals surface area (Å²) < 4.78 is 0. The van der Waals surface area contributed by atoms with E-state index in [1.165, 1.54) is 11.1 Å². The number of nitrogens with two attached hydrogens (primary N) is 1. The molecule has 0 aromatic heterocycles. The lowest BCUT2D eigenvalue weighted by molar-refractivity contribution is 0.721. The normalized spacial score (nSPS) is 20.0. The highest BCUT2D eigenvalue weighted by Crippen LogP contribution is 2.24. The van der Waals surface area contributed by atoms with Crippen LogP contribution in [-0.4, -0.2) is 6.04 Å². The summed E-state index contributed by atoms with van der Waals surface area (Å²) in [6, 6.07) is 6.33. The Morgan fingerprint density at radius 2 is 1.92 bits per heavy atom. The van der Waals surface area contributed by atoms with E-state index in [-0.39, 0.29) is 12.4 Å². The van der Waals surface area contributed by atoms with E-state index in [1.807, 2.05) is 12.1 Å². The Morgan fingerprint density at radius 3 is 2.67 bits per heavy atom. The van der Waals surface area contributed by atoms with Gasteiger partial charge in [0.1, 0.15) is 0 Å². The van der Waals surface area contributed by atoms with Crippen molar-refractivity contribution in [3.8, 4) is 0 Å². The first-order chi connectivity index (χ1) is 5.25. The van der Waals surface area contributed by atoms with E-state index in [1.54, 1.807) is 0 Å². The predicted molar refractivity (Wildman–Crippen MR) is 54.1 cm³/mol. The molecule has 1 aliphatic carbocycles. The SMILES string of the molecule is Cl.NC1Cc2ccc(Cl)cc2C1. The number of rotatable bonds is 0. The summed E-state index contributed by atoms with van der Waals surface area (Å²) in [5.74, 6) is 0. The summed E-state index contributed by atoms with van der Waals surface area (Å²) in [7, 11) is 0. The van der Waals surface area contributed by atoms with Gasteiger partial charge in [-0.05, 0) is 36.1 Å². The van der Waals surface area contributed by atoms with Crippen LogP contribution in [0.1, 0.15) is 11.1 Å². The average molecular weight is 204 g/mol. The highest BCUT2D eigenvalue weighted by Gasteiger charge is 2.17. The molecule has 0 heterocycles. The summed E-state index contributed by atoms with van der Waals surface area (Å²) in [5.41, 5.74) is 8.48. The molecule has 0 fully saturated rings. The molecule has 0 saturated heterocycles. The van der Waals surface area contributed by atoms with Crippen LogP contribution in [0.4, 0.5) is 0 Å². The fraction of sp³-hybridized carbons (Fsp3) is 0.333. The zero-order chi connectivity index (χ0) is 7.84. The van der Waals surface area contributed by atoms with Gasteiger partial charge in [0.05, 0.1) is 0 Å². The minimum Gasteiger partial charge on any atom is -0.327 e. The van der Waals surface area contributed by atoms with Crippen molar-refractivity contribution in [1.82, 2.24) is 0 Å². The van der Waals surface area contributed by atoms with Gasteiger partial charge in [0.15, 0.2) is 0 Å². The standard InChI is InChI=1S/C9H10ClN.ClH/c10-8-2-1-6-4-9(11)5-7(6)3-8;/h1-3,9H,4-5,11H2;1H. The molecule has 0 radical (unpaired) electrons. The minimum atomic E-state index is 0. The molecule has 0 amide bonds. The van der Waals surface area contributed by atoms with Crippen molar-refractivity contribution in [2.45, 2.75) is 18.9 Å². The van der Waals surface area contributed by atoms with Crippen LogP contribution in [0.25, 0.3) is 0 Å². The van der Waals surface area contributed by atoms with Crippen LogP contribution in [-0.2, 0) is 12.8 Å². The summed E-state index contributed by atoms with van der Waals surface area (Å²) in [6.45, 7) is 0. The molecule has 1 nitrogen and oxygen atoms in total. The van der Waals surface area contributed by atoms with Gasteiger partial charge in [0, 0.05) is 11.1 Å². The molecule has 12 heavy (non-hydrogen) atoms. The van der Waals surface area contributed by atoms with Crippen LogP contribution in [0, 0.1) is 0 Å². The maximum absolute atomic E-state index is 5.83. The molecule has 2 N–H and O–H groups in total. The molecule has 0 saturated carbocycles. The van der Waals surface area contributed by atoms with E-state index in [9.17, 15) is 0 Å². The third-order valence-electron chi connectivity index (χ3n) is 2.13. The van der Waals surface area contributed by atoms with Crippen LogP contribution in [0.2, 0.25) is 5.02 Å². The summed E-state index contributed by atoms with van der Waals surface area (Å²) in [5, 5.41) is 0.817. The average Bonchev–Trinajstić information content (AvgIpc) is 2.27. The molecule has 0 aliphatic heterocycles. The predicted octanol–water partition coefficient (Wildman–Crippen LogP) is 2.19. The monoisotopic (exact) mass is 203 g/mol. The van der Waals surface area contributed by atoms with E-state index in [4.69, 9.17) is 17.3 Å². The van der Waals surface area contributed by atoms with Gasteiger partial charge < -0.3 is 5.73 Å². The van der Waals surface area contributed by atoms with Gasteiger partial charge in [-0.25, -0.2) is 0 Å². The van der Waals surface area contributed by atoms with Gasteiger partial charge in [0.2, 0.25) is 0 Å². The first kappa shape index (κ1) is 9.85. The molecule has 1 aliphatic rings. The van der Waals surface area contributed by atoms with Crippen LogP contribution >= 0.6 is 24.0 Å². The van der Waals surface area contributed by atoms with E-state index in [0.717, 1.165) is 17.9 Å². The number of benzene rings is 1. The van der Waals surface area contributed by atoms with Crippen molar-refractivity contribution in [1.29, 1.82) is 0 Å². The Labute approximate surface area is 83.3 Å².